The van der Waals surface area contributed by atoms with Crippen LogP contribution in [0.15, 0.2) is 5.38 Å². The number of aromatic nitrogens is 1. The Morgan fingerprint density at radius 2 is 2.45 bits per heavy atom. The van der Waals surface area contributed by atoms with Gasteiger partial charge in [0.15, 0.2) is 0 Å². The topological polar surface area (TPSA) is 24.9 Å². The highest BCUT2D eigenvalue weighted by Gasteiger charge is 1.97. The van der Waals surface area contributed by atoms with Crippen molar-refractivity contribution >= 4 is 11.3 Å². The van der Waals surface area contributed by atoms with Crippen LogP contribution in [0.3, 0.4) is 0 Å². The van der Waals surface area contributed by atoms with Crippen LogP contribution in [0.5, 0.6) is 0 Å². The smallest absolute Gasteiger partial charge is 0.0925 e. The Balaban J connectivity index is 2.44. The molecule has 0 radical (unpaired) electrons. The van der Waals surface area contributed by atoms with Gasteiger partial charge in [-0.25, -0.2) is 4.98 Å². The van der Waals surface area contributed by atoms with Gasteiger partial charge in [0.1, 0.15) is 0 Å². The third kappa shape index (κ3) is 2.60. The highest BCUT2D eigenvalue weighted by Crippen LogP contribution is 2.09. The zero-order chi connectivity index (χ0) is 8.10. The van der Waals surface area contributed by atoms with Gasteiger partial charge < -0.3 is 5.32 Å². The predicted molar refractivity (Wildman–Crippen MR) is 49.1 cm³/mol. The van der Waals surface area contributed by atoms with E-state index >= 15 is 0 Å². The number of hydrogen-bond acceptors (Lipinski definition) is 3. The molecule has 0 aromatic carbocycles. The molecule has 0 unspecified atom stereocenters. The van der Waals surface area contributed by atoms with Crippen LogP contribution in [0.2, 0.25) is 0 Å². The maximum Gasteiger partial charge on any atom is 0.0925 e. The Hall–Kier alpha value is -0.410. The summed E-state index contributed by atoms with van der Waals surface area (Å²) in [5.74, 6) is 0. The van der Waals surface area contributed by atoms with Crippen molar-refractivity contribution in [3.8, 4) is 0 Å². The molecule has 0 atom stereocenters. The van der Waals surface area contributed by atoms with Gasteiger partial charge in [0.25, 0.3) is 0 Å². The molecule has 1 heterocycles. The van der Waals surface area contributed by atoms with Crippen LogP contribution in [0.25, 0.3) is 0 Å². The lowest BCUT2D eigenvalue weighted by atomic mass is 10.3. The summed E-state index contributed by atoms with van der Waals surface area (Å²) in [7, 11) is 1.97. The number of aryl methyl sites for hydroxylation is 1. The fourth-order valence-corrected chi connectivity index (χ4v) is 1.66. The first-order valence-electron chi connectivity index (χ1n) is 3.94. The number of hydrogen-bond donors (Lipinski definition) is 1. The quantitative estimate of drug-likeness (QED) is 0.740. The van der Waals surface area contributed by atoms with Gasteiger partial charge in [0.2, 0.25) is 0 Å². The molecule has 1 aromatic heterocycles. The minimum Gasteiger partial charge on any atom is -0.319 e. The minimum atomic E-state index is 1.02. The minimum absolute atomic E-state index is 1.02. The predicted octanol–water partition coefficient (Wildman–Crippen LogP) is 1.47. The fraction of sp³-hybridized carbons (Fsp3) is 0.625. The van der Waals surface area contributed by atoms with Crippen molar-refractivity contribution in [2.45, 2.75) is 19.8 Å². The Morgan fingerprint density at radius 3 is 3.00 bits per heavy atom. The number of thiazole rings is 1. The largest absolute Gasteiger partial charge is 0.319 e. The van der Waals surface area contributed by atoms with Crippen molar-refractivity contribution in [3.63, 3.8) is 0 Å². The summed E-state index contributed by atoms with van der Waals surface area (Å²) in [5, 5.41) is 6.50. The fourth-order valence-electron chi connectivity index (χ4n) is 0.879. The highest BCUT2D eigenvalue weighted by atomic mass is 32.1. The van der Waals surface area contributed by atoms with Crippen molar-refractivity contribution in [1.29, 1.82) is 0 Å². The van der Waals surface area contributed by atoms with Crippen molar-refractivity contribution in [2.75, 3.05) is 13.6 Å². The second-order valence-electron chi connectivity index (χ2n) is 2.44. The Bertz CT molecular complexity index is 208. The van der Waals surface area contributed by atoms with Crippen molar-refractivity contribution in [3.05, 3.63) is 16.1 Å². The average molecular weight is 170 g/mol. The first kappa shape index (κ1) is 8.68. The van der Waals surface area contributed by atoms with Crippen LogP contribution in [0.1, 0.15) is 17.6 Å². The molecule has 0 spiro atoms. The van der Waals surface area contributed by atoms with Crippen LogP contribution in [0.4, 0.5) is 0 Å². The molecule has 0 fully saturated rings. The number of nitrogens with one attached hydrogen (secondary N) is 1. The Labute approximate surface area is 71.7 Å². The molecule has 0 saturated heterocycles. The molecule has 0 bridgehead atoms. The van der Waals surface area contributed by atoms with Crippen LogP contribution in [-0.4, -0.2) is 18.6 Å². The van der Waals surface area contributed by atoms with Gasteiger partial charge in [-0.1, -0.05) is 6.92 Å². The second-order valence-corrected chi connectivity index (χ2v) is 3.38. The first-order chi connectivity index (χ1) is 5.36. The molecule has 1 N–H and O–H groups in total. The zero-order valence-electron chi connectivity index (χ0n) is 7.05. The normalized spacial score (nSPS) is 10.4. The molecule has 0 saturated carbocycles. The van der Waals surface area contributed by atoms with E-state index in [1.54, 1.807) is 11.3 Å². The van der Waals surface area contributed by atoms with E-state index in [0.717, 1.165) is 19.4 Å². The third-order valence-corrected chi connectivity index (χ3v) is 2.57. The van der Waals surface area contributed by atoms with E-state index in [0.29, 0.717) is 0 Å². The van der Waals surface area contributed by atoms with Crippen LogP contribution < -0.4 is 5.32 Å². The van der Waals surface area contributed by atoms with Crippen LogP contribution in [0, 0.1) is 0 Å². The van der Waals surface area contributed by atoms with Crippen molar-refractivity contribution in [1.82, 2.24) is 10.3 Å². The standard InChI is InChI=1S/C8H14N2S/c1-3-8-10-7(6-11-8)4-5-9-2/h6,9H,3-5H2,1-2H3. The van der Waals surface area contributed by atoms with Gasteiger partial charge >= 0.3 is 0 Å². The summed E-state index contributed by atoms with van der Waals surface area (Å²) in [4.78, 5) is 4.44. The van der Waals surface area contributed by atoms with E-state index in [1.807, 2.05) is 7.05 Å². The van der Waals surface area contributed by atoms with Gasteiger partial charge in [-0.05, 0) is 13.5 Å². The van der Waals surface area contributed by atoms with Crippen LogP contribution >= 0.6 is 11.3 Å². The van der Waals surface area contributed by atoms with E-state index in [-0.39, 0.29) is 0 Å². The molecule has 0 aliphatic rings. The molecule has 62 valence electrons. The zero-order valence-corrected chi connectivity index (χ0v) is 7.87. The second kappa shape index (κ2) is 4.46. The summed E-state index contributed by atoms with van der Waals surface area (Å²) in [6.07, 6.45) is 2.11. The van der Waals surface area contributed by atoms with Crippen molar-refractivity contribution < 1.29 is 0 Å². The van der Waals surface area contributed by atoms with E-state index in [2.05, 4.69) is 22.6 Å². The van der Waals surface area contributed by atoms with E-state index in [9.17, 15) is 0 Å². The molecule has 0 amide bonds. The molecule has 1 rings (SSSR count). The summed E-state index contributed by atoms with van der Waals surface area (Å²) >= 11 is 1.76. The maximum atomic E-state index is 4.44. The van der Waals surface area contributed by atoms with Gasteiger partial charge in [0.05, 0.1) is 10.7 Å². The molecular formula is C8H14N2S. The summed E-state index contributed by atoms with van der Waals surface area (Å²) in [6, 6.07) is 0. The lowest BCUT2D eigenvalue weighted by molar-refractivity contribution is 0.777. The monoisotopic (exact) mass is 170 g/mol. The van der Waals surface area contributed by atoms with Gasteiger partial charge in [0, 0.05) is 18.3 Å². The molecule has 2 nitrogen and oxygen atoms in total. The molecule has 11 heavy (non-hydrogen) atoms. The maximum absolute atomic E-state index is 4.44. The number of likely N-dealkylation sites (N-methyl/N-ethyl adjacent to an activating group) is 1. The number of rotatable bonds is 4. The van der Waals surface area contributed by atoms with Gasteiger partial charge in [-0.15, -0.1) is 11.3 Å². The molecule has 0 aliphatic carbocycles. The Morgan fingerprint density at radius 1 is 1.64 bits per heavy atom. The summed E-state index contributed by atoms with van der Waals surface area (Å²) in [5.41, 5.74) is 1.22. The molecular weight excluding hydrogens is 156 g/mol. The third-order valence-electron chi connectivity index (χ3n) is 1.53. The average Bonchev–Trinajstić information content (AvgIpc) is 2.48. The first-order valence-corrected chi connectivity index (χ1v) is 4.82. The van der Waals surface area contributed by atoms with E-state index in [1.165, 1.54) is 10.7 Å². The summed E-state index contributed by atoms with van der Waals surface area (Å²) in [6.45, 7) is 3.16. The molecule has 1 aromatic rings. The van der Waals surface area contributed by atoms with Crippen molar-refractivity contribution in [2.24, 2.45) is 0 Å². The van der Waals surface area contributed by atoms with Gasteiger partial charge in [-0.3, -0.25) is 0 Å². The van der Waals surface area contributed by atoms with E-state index in [4.69, 9.17) is 0 Å². The number of nitrogens with zero attached hydrogens (tertiary/aromatic N) is 1. The lowest BCUT2D eigenvalue weighted by Crippen LogP contribution is -2.10. The summed E-state index contributed by atoms with van der Waals surface area (Å²) < 4.78 is 0. The highest BCUT2D eigenvalue weighted by molar-refractivity contribution is 7.09. The molecule has 3 heteroatoms. The van der Waals surface area contributed by atoms with Crippen LogP contribution in [-0.2, 0) is 12.8 Å². The lowest BCUT2D eigenvalue weighted by Gasteiger charge is -1.93. The van der Waals surface area contributed by atoms with E-state index < -0.39 is 0 Å². The Kier molecular flexibility index (Phi) is 3.52. The van der Waals surface area contributed by atoms with Gasteiger partial charge in [-0.2, -0.15) is 0 Å². The SMILES string of the molecule is CCc1nc(CCNC)cs1. The molecule has 0 aliphatic heterocycles.